The summed E-state index contributed by atoms with van der Waals surface area (Å²) in [6.45, 7) is 11.5. The maximum absolute atomic E-state index is 11.3. The largest absolute Gasteiger partial charge is 0.383 e. The Labute approximate surface area is 138 Å². The molecule has 3 rings (SSSR count). The highest BCUT2D eigenvalue weighted by Gasteiger charge is 2.42. The molecule has 2 aliphatic rings. The van der Waals surface area contributed by atoms with Gasteiger partial charge in [0.1, 0.15) is 5.76 Å². The minimum atomic E-state index is -0.131. The second-order valence-electron chi connectivity index (χ2n) is 8.58. The molecule has 0 saturated carbocycles. The van der Waals surface area contributed by atoms with E-state index in [1.54, 1.807) is 6.07 Å². The number of hydrogen-bond donors (Lipinski definition) is 2. The predicted octanol–water partition coefficient (Wildman–Crippen LogP) is 2.85. The lowest BCUT2D eigenvalue weighted by molar-refractivity contribution is -0.0357. The van der Waals surface area contributed by atoms with Crippen LogP contribution in [0.1, 0.15) is 71.5 Å². The fraction of sp³-hybridized carbons (Fsp3) is 0.833. The molecule has 2 fully saturated rings. The number of H-pyrrole nitrogens is 1. The van der Waals surface area contributed by atoms with E-state index in [1.807, 2.05) is 0 Å². The number of aromatic nitrogens is 1. The van der Waals surface area contributed by atoms with Gasteiger partial charge in [0.25, 0.3) is 5.56 Å². The highest BCUT2D eigenvalue weighted by molar-refractivity contribution is 5.06. The van der Waals surface area contributed by atoms with E-state index in [9.17, 15) is 4.79 Å². The molecule has 5 nitrogen and oxygen atoms in total. The molecule has 2 saturated heterocycles. The number of nitrogens with one attached hydrogen (secondary N) is 2. The monoisotopic (exact) mass is 321 g/mol. The Morgan fingerprint density at radius 2 is 1.96 bits per heavy atom. The quantitative estimate of drug-likeness (QED) is 0.899. The fourth-order valence-electron chi connectivity index (χ4n) is 4.66. The van der Waals surface area contributed by atoms with Crippen LogP contribution in [-0.2, 0) is 0 Å². The Morgan fingerprint density at radius 1 is 1.26 bits per heavy atom. The van der Waals surface area contributed by atoms with Gasteiger partial charge in [-0.25, -0.2) is 0 Å². The van der Waals surface area contributed by atoms with Crippen molar-refractivity contribution in [2.45, 2.75) is 82.8 Å². The summed E-state index contributed by atoms with van der Waals surface area (Å²) < 4.78 is 5.35. The lowest BCUT2D eigenvalue weighted by atomic mass is 9.78. The third kappa shape index (κ3) is 3.56. The number of likely N-dealkylation sites (tertiary alicyclic amines) is 1. The van der Waals surface area contributed by atoms with E-state index < -0.39 is 0 Å². The molecule has 130 valence electrons. The van der Waals surface area contributed by atoms with Gasteiger partial charge < -0.3 is 9.84 Å². The molecule has 5 heteroatoms. The molecule has 2 aliphatic heterocycles. The molecule has 23 heavy (non-hydrogen) atoms. The maximum atomic E-state index is 11.3. The third-order valence-electron chi connectivity index (χ3n) is 5.88. The topological polar surface area (TPSA) is 61.3 Å². The van der Waals surface area contributed by atoms with Crippen molar-refractivity contribution in [1.29, 1.82) is 0 Å². The number of rotatable bonds is 3. The summed E-state index contributed by atoms with van der Waals surface area (Å²) in [7, 11) is 0. The van der Waals surface area contributed by atoms with Crippen LogP contribution in [0.15, 0.2) is 15.4 Å². The summed E-state index contributed by atoms with van der Waals surface area (Å²) in [6, 6.07) is 2.06. The lowest BCUT2D eigenvalue weighted by Crippen LogP contribution is -2.62. The highest BCUT2D eigenvalue weighted by Crippen LogP contribution is 2.39. The molecule has 3 heterocycles. The Kier molecular flexibility index (Phi) is 4.45. The van der Waals surface area contributed by atoms with Gasteiger partial charge in [0, 0.05) is 35.6 Å². The molecule has 0 spiro atoms. The van der Waals surface area contributed by atoms with Crippen LogP contribution in [0, 0.1) is 0 Å². The predicted molar refractivity (Wildman–Crippen MR) is 91.8 cm³/mol. The van der Waals surface area contributed by atoms with E-state index in [2.05, 4.69) is 43.1 Å². The van der Waals surface area contributed by atoms with Gasteiger partial charge in [0.2, 0.25) is 0 Å². The molecule has 0 unspecified atom stereocenters. The Morgan fingerprint density at radius 3 is 2.57 bits per heavy atom. The van der Waals surface area contributed by atoms with Gasteiger partial charge in [0.05, 0.1) is 0 Å². The first-order valence-corrected chi connectivity index (χ1v) is 8.97. The van der Waals surface area contributed by atoms with Gasteiger partial charge in [0.15, 0.2) is 0 Å². The van der Waals surface area contributed by atoms with Crippen LogP contribution in [0.4, 0.5) is 0 Å². The minimum Gasteiger partial charge on any atom is -0.383 e. The van der Waals surface area contributed by atoms with Crippen molar-refractivity contribution >= 4 is 0 Å². The van der Waals surface area contributed by atoms with Gasteiger partial charge >= 0.3 is 0 Å². The molecule has 0 radical (unpaired) electrons. The standard InChI is InChI=1S/C18H31N3O2/c1-17(2)7-5-8-18(3,4)21(17)12-14-10-13(6-9-19-14)15-11-16(22)20-23-15/h11,13-14,19H,5-10,12H2,1-4H3,(H,20,22)/t13-,14+/m0/s1. The van der Waals surface area contributed by atoms with Gasteiger partial charge in [-0.2, -0.15) is 5.16 Å². The number of nitrogens with zero attached hydrogens (tertiary/aromatic N) is 1. The van der Waals surface area contributed by atoms with Crippen LogP contribution < -0.4 is 10.9 Å². The zero-order valence-electron chi connectivity index (χ0n) is 14.9. The van der Waals surface area contributed by atoms with Crippen LogP contribution in [0.25, 0.3) is 0 Å². The summed E-state index contributed by atoms with van der Waals surface area (Å²) >= 11 is 0. The average Bonchev–Trinajstić information content (AvgIpc) is 2.90. The van der Waals surface area contributed by atoms with Crippen LogP contribution in [0.5, 0.6) is 0 Å². The van der Waals surface area contributed by atoms with Crippen LogP contribution in [0.3, 0.4) is 0 Å². The SMILES string of the molecule is CC1(C)CCCC(C)(C)N1C[C@H]1C[C@@H](c2cc(=O)[nH]o2)CCN1. The molecule has 0 aliphatic carbocycles. The molecular formula is C18H31N3O2. The van der Waals surface area contributed by atoms with E-state index in [1.165, 1.54) is 19.3 Å². The summed E-state index contributed by atoms with van der Waals surface area (Å²) in [6.07, 6.45) is 5.90. The summed E-state index contributed by atoms with van der Waals surface area (Å²) in [5.41, 5.74) is 0.363. The highest BCUT2D eigenvalue weighted by atomic mass is 16.5. The van der Waals surface area contributed by atoms with Crippen molar-refractivity contribution in [3.8, 4) is 0 Å². The first-order valence-electron chi connectivity index (χ1n) is 8.97. The van der Waals surface area contributed by atoms with Gasteiger partial charge in [-0.05, 0) is 66.3 Å². The van der Waals surface area contributed by atoms with E-state index in [-0.39, 0.29) is 16.6 Å². The second kappa shape index (κ2) is 6.10. The van der Waals surface area contributed by atoms with Gasteiger partial charge in [-0.1, -0.05) is 0 Å². The fourth-order valence-corrected chi connectivity index (χ4v) is 4.66. The van der Waals surface area contributed by atoms with Crippen molar-refractivity contribution in [1.82, 2.24) is 15.4 Å². The van der Waals surface area contributed by atoms with Crippen molar-refractivity contribution in [2.24, 2.45) is 0 Å². The first-order chi connectivity index (χ1) is 10.8. The van der Waals surface area contributed by atoms with Crippen LogP contribution in [-0.4, -0.2) is 40.3 Å². The second-order valence-corrected chi connectivity index (χ2v) is 8.58. The molecule has 0 bridgehead atoms. The van der Waals surface area contributed by atoms with E-state index >= 15 is 0 Å². The summed E-state index contributed by atoms with van der Waals surface area (Å²) in [5, 5.41) is 6.10. The molecule has 1 aromatic rings. The van der Waals surface area contributed by atoms with Crippen LogP contribution in [0.2, 0.25) is 0 Å². The summed E-state index contributed by atoms with van der Waals surface area (Å²) in [5.74, 6) is 1.16. The first kappa shape index (κ1) is 16.8. The third-order valence-corrected chi connectivity index (χ3v) is 5.88. The van der Waals surface area contributed by atoms with Crippen molar-refractivity contribution < 1.29 is 4.52 Å². The van der Waals surface area contributed by atoms with Gasteiger partial charge in [-0.15, -0.1) is 0 Å². The van der Waals surface area contributed by atoms with Crippen molar-refractivity contribution in [2.75, 3.05) is 13.1 Å². The van der Waals surface area contributed by atoms with Crippen molar-refractivity contribution in [3.63, 3.8) is 0 Å². The molecule has 0 amide bonds. The van der Waals surface area contributed by atoms with Crippen LogP contribution >= 0.6 is 0 Å². The smallest absolute Gasteiger partial charge is 0.280 e. The molecule has 2 N–H and O–H groups in total. The molecule has 1 aromatic heterocycles. The maximum Gasteiger partial charge on any atom is 0.280 e. The summed E-state index contributed by atoms with van der Waals surface area (Å²) in [4.78, 5) is 14.0. The Balaban J connectivity index is 1.70. The minimum absolute atomic E-state index is 0.131. The van der Waals surface area contributed by atoms with E-state index in [4.69, 9.17) is 4.52 Å². The number of piperidine rings is 2. The Hall–Kier alpha value is -1.07. The lowest BCUT2D eigenvalue weighted by Gasteiger charge is -2.54. The number of aromatic amines is 1. The van der Waals surface area contributed by atoms with E-state index in [0.717, 1.165) is 31.7 Å². The zero-order valence-corrected chi connectivity index (χ0v) is 14.9. The zero-order chi connectivity index (χ0) is 16.7. The molecular weight excluding hydrogens is 290 g/mol. The normalized spacial score (nSPS) is 31.1. The molecule has 2 atom stereocenters. The van der Waals surface area contributed by atoms with Gasteiger partial charge in [-0.3, -0.25) is 9.69 Å². The molecule has 0 aromatic carbocycles. The Bertz CT molecular complexity index is 571. The number of hydrogen-bond acceptors (Lipinski definition) is 4. The van der Waals surface area contributed by atoms with E-state index in [0.29, 0.717) is 12.0 Å². The average molecular weight is 321 g/mol. The van der Waals surface area contributed by atoms with Crippen molar-refractivity contribution in [3.05, 3.63) is 22.2 Å².